The number of thiophene rings is 1. The summed E-state index contributed by atoms with van der Waals surface area (Å²) < 4.78 is 9.04. The van der Waals surface area contributed by atoms with Gasteiger partial charge in [0.15, 0.2) is 0 Å². The minimum atomic E-state index is 0.682. The van der Waals surface area contributed by atoms with E-state index in [0.29, 0.717) is 5.02 Å². The van der Waals surface area contributed by atoms with Crippen LogP contribution in [0.5, 0.6) is 5.75 Å². The standard InChI is InChI=1S/C30H22ClN5OS2/c1-37-26-15-13-24(14-16-26)33-30-36(27(20-39-30)21-9-11-23(31)12-10-21)32-18-22-19-35(25-6-3-2-4-7-25)34-29(22)28-8-5-17-38-28/h2-20H,1H3/b32-18+,33-30?. The van der Waals surface area contributed by atoms with Crippen molar-refractivity contribution in [1.82, 2.24) is 14.5 Å². The van der Waals surface area contributed by atoms with Crippen LogP contribution in [0.4, 0.5) is 5.69 Å². The van der Waals surface area contributed by atoms with E-state index in [9.17, 15) is 0 Å². The molecule has 3 aromatic heterocycles. The number of methoxy groups -OCH3 is 1. The molecule has 0 spiro atoms. The Labute approximate surface area is 238 Å². The summed E-state index contributed by atoms with van der Waals surface area (Å²) in [6.45, 7) is 0. The van der Waals surface area contributed by atoms with Crippen molar-refractivity contribution in [1.29, 1.82) is 0 Å². The van der Waals surface area contributed by atoms with E-state index in [0.717, 1.165) is 49.3 Å². The molecule has 0 saturated heterocycles. The van der Waals surface area contributed by atoms with Gasteiger partial charge in [-0.15, -0.1) is 22.7 Å². The fraction of sp³-hybridized carbons (Fsp3) is 0.0333. The highest BCUT2D eigenvalue weighted by Gasteiger charge is 2.13. The zero-order valence-electron chi connectivity index (χ0n) is 20.8. The van der Waals surface area contributed by atoms with Gasteiger partial charge in [-0.1, -0.05) is 48.0 Å². The van der Waals surface area contributed by atoms with Crippen molar-refractivity contribution >= 4 is 46.2 Å². The van der Waals surface area contributed by atoms with Crippen LogP contribution >= 0.6 is 34.3 Å². The lowest BCUT2D eigenvalue weighted by atomic mass is 10.2. The number of para-hydroxylation sites is 1. The zero-order valence-corrected chi connectivity index (χ0v) is 23.2. The molecule has 0 unspecified atom stereocenters. The third kappa shape index (κ3) is 5.49. The van der Waals surface area contributed by atoms with E-state index in [4.69, 9.17) is 31.5 Å². The van der Waals surface area contributed by atoms with Crippen LogP contribution in [0.2, 0.25) is 5.02 Å². The number of benzene rings is 3. The lowest BCUT2D eigenvalue weighted by Gasteiger charge is -2.04. The Morgan fingerprint density at radius 2 is 1.69 bits per heavy atom. The summed E-state index contributed by atoms with van der Waals surface area (Å²) >= 11 is 9.33. The minimum absolute atomic E-state index is 0.682. The van der Waals surface area contributed by atoms with Crippen LogP contribution in [0.25, 0.3) is 27.5 Å². The van der Waals surface area contributed by atoms with Gasteiger partial charge in [0.05, 0.1) is 35.3 Å². The number of halogens is 1. The number of nitrogens with zero attached hydrogens (tertiary/aromatic N) is 5. The van der Waals surface area contributed by atoms with Crippen LogP contribution < -0.4 is 9.54 Å². The number of ether oxygens (including phenoxy) is 1. The largest absolute Gasteiger partial charge is 0.497 e. The maximum absolute atomic E-state index is 6.17. The van der Waals surface area contributed by atoms with Gasteiger partial charge in [0, 0.05) is 27.7 Å². The van der Waals surface area contributed by atoms with Crippen molar-refractivity contribution < 1.29 is 4.74 Å². The quantitative estimate of drug-likeness (QED) is 0.184. The molecule has 6 aromatic rings. The van der Waals surface area contributed by atoms with Gasteiger partial charge in [-0.3, -0.25) is 0 Å². The summed E-state index contributed by atoms with van der Waals surface area (Å²) in [5, 5.41) is 14.6. The molecule has 0 aliphatic carbocycles. The number of rotatable bonds is 7. The molecule has 0 saturated carbocycles. The van der Waals surface area contributed by atoms with Crippen molar-refractivity contribution in [3.05, 3.63) is 123 Å². The fourth-order valence-electron chi connectivity index (χ4n) is 3.99. The van der Waals surface area contributed by atoms with Gasteiger partial charge >= 0.3 is 0 Å². The molecule has 6 nitrogen and oxygen atoms in total. The third-order valence-corrected chi connectivity index (χ3v) is 7.90. The van der Waals surface area contributed by atoms with Crippen molar-refractivity contribution in [2.75, 3.05) is 7.11 Å². The lowest BCUT2D eigenvalue weighted by Crippen LogP contribution is -2.11. The molecule has 3 heterocycles. The monoisotopic (exact) mass is 567 g/mol. The second kappa shape index (κ2) is 11.2. The third-order valence-electron chi connectivity index (χ3n) is 5.95. The highest BCUT2D eigenvalue weighted by molar-refractivity contribution is 7.13. The number of hydrogen-bond donors (Lipinski definition) is 0. The molecule has 0 radical (unpaired) electrons. The minimum Gasteiger partial charge on any atom is -0.497 e. The first-order valence-corrected chi connectivity index (χ1v) is 14.2. The van der Waals surface area contributed by atoms with Crippen LogP contribution in [0, 0.1) is 0 Å². The molecule has 0 amide bonds. The van der Waals surface area contributed by atoms with E-state index >= 15 is 0 Å². The SMILES string of the molecule is COc1ccc(N=c2scc(-c3ccc(Cl)cc3)n2/N=C/c2cn(-c3ccccc3)nc2-c2cccs2)cc1. The van der Waals surface area contributed by atoms with Crippen molar-refractivity contribution in [2.24, 2.45) is 10.1 Å². The van der Waals surface area contributed by atoms with Gasteiger partial charge in [-0.25, -0.2) is 14.4 Å². The Hall–Kier alpha value is -4.24. The lowest BCUT2D eigenvalue weighted by molar-refractivity contribution is 0.415. The predicted octanol–water partition coefficient (Wildman–Crippen LogP) is 7.91. The van der Waals surface area contributed by atoms with Crippen molar-refractivity contribution in [3.8, 4) is 33.3 Å². The van der Waals surface area contributed by atoms with Crippen LogP contribution in [0.1, 0.15) is 5.56 Å². The molecule has 0 fully saturated rings. The molecule has 6 rings (SSSR count). The topological polar surface area (TPSA) is 56.7 Å². The molecule has 192 valence electrons. The van der Waals surface area contributed by atoms with Gasteiger partial charge in [-0.05, 0) is 60.0 Å². The normalized spacial score (nSPS) is 11.9. The number of aromatic nitrogens is 3. The molecule has 0 aliphatic heterocycles. The van der Waals surface area contributed by atoms with E-state index in [1.165, 1.54) is 11.3 Å². The summed E-state index contributed by atoms with van der Waals surface area (Å²) in [4.78, 5) is 6.69. The van der Waals surface area contributed by atoms with E-state index in [1.807, 2.05) is 107 Å². The summed E-state index contributed by atoms with van der Waals surface area (Å²) in [5.74, 6) is 0.782. The van der Waals surface area contributed by atoms with E-state index in [-0.39, 0.29) is 0 Å². The molecule has 0 aliphatic rings. The fourth-order valence-corrected chi connectivity index (χ4v) is 5.71. The Kier molecular flexibility index (Phi) is 7.23. The average Bonchev–Trinajstić information content (AvgIpc) is 3.74. The Bertz CT molecular complexity index is 1780. The van der Waals surface area contributed by atoms with Gasteiger partial charge in [-0.2, -0.15) is 10.2 Å². The molecule has 0 atom stereocenters. The summed E-state index contributed by atoms with van der Waals surface area (Å²) in [5.41, 5.74) is 5.46. The van der Waals surface area contributed by atoms with Crippen LogP contribution in [0.3, 0.4) is 0 Å². The molecule has 9 heteroatoms. The first-order valence-electron chi connectivity index (χ1n) is 12.1. The van der Waals surface area contributed by atoms with Gasteiger partial charge in [0.25, 0.3) is 0 Å². The van der Waals surface area contributed by atoms with Gasteiger partial charge < -0.3 is 4.74 Å². The maximum Gasteiger partial charge on any atom is 0.211 e. The van der Waals surface area contributed by atoms with Crippen LogP contribution in [0.15, 0.2) is 118 Å². The van der Waals surface area contributed by atoms with E-state index in [1.54, 1.807) is 18.4 Å². The highest BCUT2D eigenvalue weighted by Crippen LogP contribution is 2.28. The first kappa shape index (κ1) is 25.1. The summed E-state index contributed by atoms with van der Waals surface area (Å²) in [6, 6.07) is 29.5. The summed E-state index contributed by atoms with van der Waals surface area (Å²) in [7, 11) is 1.65. The van der Waals surface area contributed by atoms with Crippen LogP contribution in [-0.4, -0.2) is 27.8 Å². The second-order valence-corrected chi connectivity index (χ2v) is 10.7. The molecule has 0 bridgehead atoms. The van der Waals surface area contributed by atoms with Crippen molar-refractivity contribution in [2.45, 2.75) is 0 Å². The predicted molar refractivity (Wildman–Crippen MR) is 161 cm³/mol. The molecule has 39 heavy (non-hydrogen) atoms. The number of hydrogen-bond acceptors (Lipinski definition) is 6. The number of thiazole rings is 1. The van der Waals surface area contributed by atoms with Crippen LogP contribution in [-0.2, 0) is 0 Å². The molecule has 0 N–H and O–H groups in total. The second-order valence-electron chi connectivity index (χ2n) is 8.47. The van der Waals surface area contributed by atoms with E-state index in [2.05, 4.69) is 16.8 Å². The van der Waals surface area contributed by atoms with Gasteiger partial charge in [0.2, 0.25) is 4.80 Å². The molecular weight excluding hydrogens is 546 g/mol. The Balaban J connectivity index is 1.47. The van der Waals surface area contributed by atoms with Gasteiger partial charge in [0.1, 0.15) is 11.4 Å². The van der Waals surface area contributed by atoms with E-state index < -0.39 is 0 Å². The average molecular weight is 568 g/mol. The van der Waals surface area contributed by atoms with Crippen molar-refractivity contribution in [3.63, 3.8) is 0 Å². The Morgan fingerprint density at radius 3 is 2.41 bits per heavy atom. The zero-order chi connectivity index (χ0) is 26.6. The highest BCUT2D eigenvalue weighted by atomic mass is 35.5. The molecular formula is C30H22ClN5OS2. The Morgan fingerprint density at radius 1 is 0.897 bits per heavy atom. The summed E-state index contributed by atoms with van der Waals surface area (Å²) in [6.07, 6.45) is 3.85. The smallest absolute Gasteiger partial charge is 0.211 e. The first-order chi connectivity index (χ1) is 19.2. The molecule has 3 aromatic carbocycles. The maximum atomic E-state index is 6.17.